The molecule has 8 nitrogen and oxygen atoms in total. The van der Waals surface area contributed by atoms with E-state index in [0.717, 1.165) is 11.1 Å². The van der Waals surface area contributed by atoms with Gasteiger partial charge in [-0.3, -0.25) is 9.59 Å². The van der Waals surface area contributed by atoms with Crippen molar-refractivity contribution in [2.75, 3.05) is 13.2 Å². The lowest BCUT2D eigenvalue weighted by atomic mass is 9.95. The highest BCUT2D eigenvalue weighted by atomic mass is 16.5. The van der Waals surface area contributed by atoms with Gasteiger partial charge in [0.05, 0.1) is 13.0 Å². The first-order valence-corrected chi connectivity index (χ1v) is 11.1. The molecule has 0 radical (unpaired) electrons. The summed E-state index contributed by atoms with van der Waals surface area (Å²) >= 11 is 0. The SMILES string of the molecule is O=C(/C=C/c1ccc(O)cc1)NCCCOc1cc(O)c2c(c1)OC(c1ccc(O)cc1)CC2=O. The summed E-state index contributed by atoms with van der Waals surface area (Å²) in [5.74, 6) is 0.164. The average molecular weight is 475 g/mol. The number of phenols is 3. The van der Waals surface area contributed by atoms with Crippen molar-refractivity contribution in [1.82, 2.24) is 5.32 Å². The Morgan fingerprint density at radius 1 is 1.03 bits per heavy atom. The first-order chi connectivity index (χ1) is 16.9. The summed E-state index contributed by atoms with van der Waals surface area (Å²) in [7, 11) is 0. The summed E-state index contributed by atoms with van der Waals surface area (Å²) < 4.78 is 11.6. The summed E-state index contributed by atoms with van der Waals surface area (Å²) in [6.07, 6.45) is 3.12. The van der Waals surface area contributed by atoms with Crippen LogP contribution in [0.2, 0.25) is 0 Å². The maximum absolute atomic E-state index is 12.6. The lowest BCUT2D eigenvalue weighted by molar-refractivity contribution is -0.116. The number of ether oxygens (including phenoxy) is 2. The van der Waals surface area contributed by atoms with Gasteiger partial charge in [0.25, 0.3) is 0 Å². The minimum atomic E-state index is -0.532. The van der Waals surface area contributed by atoms with E-state index in [1.807, 2.05) is 0 Å². The van der Waals surface area contributed by atoms with E-state index in [4.69, 9.17) is 9.47 Å². The average Bonchev–Trinajstić information content (AvgIpc) is 2.83. The van der Waals surface area contributed by atoms with Crippen molar-refractivity contribution in [2.24, 2.45) is 0 Å². The molecular formula is C27H25NO7. The molecule has 0 saturated carbocycles. The summed E-state index contributed by atoms with van der Waals surface area (Å²) in [6, 6.07) is 15.9. The van der Waals surface area contributed by atoms with Crippen molar-refractivity contribution in [2.45, 2.75) is 18.9 Å². The molecule has 1 heterocycles. The van der Waals surface area contributed by atoms with Gasteiger partial charge < -0.3 is 30.1 Å². The third-order valence-corrected chi connectivity index (χ3v) is 5.45. The molecule has 4 rings (SSSR count). The third kappa shape index (κ3) is 6.11. The molecule has 4 N–H and O–H groups in total. The minimum absolute atomic E-state index is 0.0758. The van der Waals surface area contributed by atoms with Gasteiger partial charge in [0.2, 0.25) is 5.91 Å². The highest BCUT2D eigenvalue weighted by Crippen LogP contribution is 2.42. The topological polar surface area (TPSA) is 125 Å². The molecule has 3 aromatic rings. The van der Waals surface area contributed by atoms with Crippen molar-refractivity contribution >= 4 is 17.8 Å². The zero-order valence-corrected chi connectivity index (χ0v) is 18.8. The number of nitrogens with one attached hydrogen (secondary N) is 1. The Morgan fingerprint density at radius 2 is 1.71 bits per heavy atom. The number of aromatic hydroxyl groups is 3. The number of benzene rings is 3. The molecule has 1 amide bonds. The van der Waals surface area contributed by atoms with Crippen molar-refractivity contribution in [3.63, 3.8) is 0 Å². The fourth-order valence-electron chi connectivity index (χ4n) is 3.66. The Morgan fingerprint density at radius 3 is 2.43 bits per heavy atom. The normalized spacial score (nSPS) is 14.9. The van der Waals surface area contributed by atoms with Gasteiger partial charge in [-0.25, -0.2) is 0 Å². The van der Waals surface area contributed by atoms with Gasteiger partial charge in [0.15, 0.2) is 5.78 Å². The first kappa shape index (κ1) is 23.7. The van der Waals surface area contributed by atoms with Gasteiger partial charge in [0, 0.05) is 24.8 Å². The van der Waals surface area contributed by atoms with Crippen molar-refractivity contribution in [3.05, 3.63) is 83.4 Å². The maximum atomic E-state index is 12.6. The number of carbonyl (C=O) groups is 2. The zero-order valence-electron chi connectivity index (χ0n) is 18.8. The lowest BCUT2D eigenvalue weighted by Crippen LogP contribution is -2.23. The van der Waals surface area contributed by atoms with Crippen LogP contribution >= 0.6 is 0 Å². The standard InChI is InChI=1S/C27H25NO7/c29-19-7-2-17(3-8-19)4-11-26(33)28-12-1-13-34-21-14-22(31)27-23(32)16-24(35-25(27)15-21)18-5-9-20(30)10-6-18/h2-11,14-15,24,29-31H,1,12-13,16H2,(H,28,33)/b11-4+. The quantitative estimate of drug-likeness (QED) is 0.285. The van der Waals surface area contributed by atoms with Gasteiger partial charge >= 0.3 is 0 Å². The Balaban J connectivity index is 1.29. The third-order valence-electron chi connectivity index (χ3n) is 5.45. The smallest absolute Gasteiger partial charge is 0.244 e. The molecule has 0 bridgehead atoms. The van der Waals surface area contributed by atoms with Crippen LogP contribution < -0.4 is 14.8 Å². The predicted octanol–water partition coefficient (Wildman–Crippen LogP) is 4.11. The van der Waals surface area contributed by atoms with E-state index in [1.165, 1.54) is 24.3 Å². The van der Waals surface area contributed by atoms with Crippen LogP contribution in [0.4, 0.5) is 0 Å². The summed E-state index contributed by atoms with van der Waals surface area (Å²) in [4.78, 5) is 24.5. The van der Waals surface area contributed by atoms with Crippen molar-refractivity contribution in [3.8, 4) is 28.7 Å². The molecule has 1 aliphatic heterocycles. The molecule has 0 fully saturated rings. The van der Waals surface area contributed by atoms with Crippen LogP contribution in [-0.2, 0) is 4.79 Å². The monoisotopic (exact) mass is 475 g/mol. The van der Waals surface area contributed by atoms with Crippen LogP contribution in [0, 0.1) is 0 Å². The molecule has 3 aromatic carbocycles. The molecule has 1 aliphatic rings. The second-order valence-corrected chi connectivity index (χ2v) is 8.06. The van der Waals surface area contributed by atoms with Crippen molar-refractivity contribution < 1.29 is 34.4 Å². The first-order valence-electron chi connectivity index (χ1n) is 11.1. The van der Waals surface area contributed by atoms with E-state index in [9.17, 15) is 24.9 Å². The molecule has 35 heavy (non-hydrogen) atoms. The fourth-order valence-corrected chi connectivity index (χ4v) is 3.66. The van der Waals surface area contributed by atoms with E-state index in [1.54, 1.807) is 48.5 Å². The Bertz CT molecular complexity index is 1230. The van der Waals surface area contributed by atoms with E-state index >= 15 is 0 Å². The largest absolute Gasteiger partial charge is 0.508 e. The highest BCUT2D eigenvalue weighted by Gasteiger charge is 2.31. The minimum Gasteiger partial charge on any atom is -0.508 e. The molecular weight excluding hydrogens is 450 g/mol. The predicted molar refractivity (Wildman–Crippen MR) is 129 cm³/mol. The number of carbonyl (C=O) groups excluding carboxylic acids is 2. The fraction of sp³-hybridized carbons (Fsp3) is 0.185. The molecule has 180 valence electrons. The number of amides is 1. The zero-order chi connectivity index (χ0) is 24.8. The molecule has 8 heteroatoms. The van der Waals surface area contributed by atoms with Gasteiger partial charge in [-0.15, -0.1) is 0 Å². The van der Waals surface area contributed by atoms with E-state index in [2.05, 4.69) is 5.32 Å². The Hall–Kier alpha value is -4.46. The number of hydrogen-bond acceptors (Lipinski definition) is 7. The van der Waals surface area contributed by atoms with Crippen LogP contribution in [0.1, 0.15) is 40.4 Å². The van der Waals surface area contributed by atoms with Crippen LogP contribution in [-0.4, -0.2) is 40.2 Å². The number of ketones is 1. The number of phenolic OH excluding ortho intramolecular Hbond substituents is 3. The van der Waals surface area contributed by atoms with E-state index in [0.29, 0.717) is 18.7 Å². The van der Waals surface area contributed by atoms with Gasteiger partial charge in [-0.2, -0.15) is 0 Å². The number of fused-ring (bicyclic) bond motifs is 1. The molecule has 0 aromatic heterocycles. The number of rotatable bonds is 8. The molecule has 0 saturated heterocycles. The van der Waals surface area contributed by atoms with Gasteiger partial charge in [-0.1, -0.05) is 24.3 Å². The van der Waals surface area contributed by atoms with Crippen LogP contribution in [0.25, 0.3) is 6.08 Å². The molecule has 1 atom stereocenters. The van der Waals surface area contributed by atoms with E-state index in [-0.39, 0.29) is 53.3 Å². The summed E-state index contributed by atoms with van der Waals surface area (Å²) in [5, 5.41) is 31.9. The molecule has 0 spiro atoms. The van der Waals surface area contributed by atoms with Crippen LogP contribution in [0.3, 0.4) is 0 Å². The Kier molecular flexibility index (Phi) is 7.21. The second-order valence-electron chi connectivity index (χ2n) is 8.06. The lowest BCUT2D eigenvalue weighted by Gasteiger charge is -2.26. The molecule has 1 unspecified atom stereocenters. The Labute approximate surface area is 202 Å². The van der Waals surface area contributed by atoms with Gasteiger partial charge in [-0.05, 0) is 47.9 Å². The van der Waals surface area contributed by atoms with Crippen molar-refractivity contribution in [1.29, 1.82) is 0 Å². The maximum Gasteiger partial charge on any atom is 0.244 e. The van der Waals surface area contributed by atoms with Crippen LogP contribution in [0.15, 0.2) is 66.7 Å². The number of hydrogen-bond donors (Lipinski definition) is 4. The molecule has 0 aliphatic carbocycles. The van der Waals surface area contributed by atoms with Crippen LogP contribution in [0.5, 0.6) is 28.7 Å². The van der Waals surface area contributed by atoms with Gasteiger partial charge in [0.1, 0.15) is 40.4 Å². The highest BCUT2D eigenvalue weighted by molar-refractivity contribution is 6.02. The summed E-state index contributed by atoms with van der Waals surface area (Å²) in [6.45, 7) is 0.656. The number of Topliss-reactive ketones (excluding diaryl/α,β-unsaturated/α-hetero) is 1. The second kappa shape index (κ2) is 10.6. The summed E-state index contributed by atoms with van der Waals surface area (Å²) in [5.41, 5.74) is 1.66. The van der Waals surface area contributed by atoms with E-state index < -0.39 is 6.10 Å².